The molecule has 12 heavy (non-hydrogen) atoms. The smallest absolute Gasteiger partial charge is 0.248 e. The van der Waals surface area contributed by atoms with Crippen molar-refractivity contribution in [3.05, 3.63) is 29.6 Å². The van der Waals surface area contributed by atoms with Crippen LogP contribution in [-0.4, -0.2) is 13.0 Å². The fourth-order valence-corrected chi connectivity index (χ4v) is 0.820. The molecule has 3 nitrogen and oxygen atoms in total. The predicted molar refractivity (Wildman–Crippen MR) is 41.5 cm³/mol. The zero-order valence-electron chi connectivity index (χ0n) is 6.50. The Kier molecular flexibility index (Phi) is 2.28. The van der Waals surface area contributed by atoms with Gasteiger partial charge in [0, 0.05) is 5.56 Å². The zero-order valence-corrected chi connectivity index (χ0v) is 6.50. The summed E-state index contributed by atoms with van der Waals surface area (Å²) in [6, 6.07) is 3.81. The Labute approximate surface area is 68.9 Å². The summed E-state index contributed by atoms with van der Waals surface area (Å²) >= 11 is 0. The lowest BCUT2D eigenvalue weighted by atomic mass is 10.2. The van der Waals surface area contributed by atoms with Crippen molar-refractivity contribution in [2.24, 2.45) is 5.73 Å². The third kappa shape index (κ3) is 1.53. The second kappa shape index (κ2) is 3.21. The fourth-order valence-electron chi connectivity index (χ4n) is 0.820. The van der Waals surface area contributed by atoms with Gasteiger partial charge in [0.15, 0.2) is 11.6 Å². The highest BCUT2D eigenvalue weighted by Gasteiger charge is 2.05. The summed E-state index contributed by atoms with van der Waals surface area (Å²) in [7, 11) is 1.35. The Morgan fingerprint density at radius 2 is 2.25 bits per heavy atom. The van der Waals surface area contributed by atoms with E-state index in [2.05, 4.69) is 4.74 Å². The molecular formula is C8H8FNO2. The molecule has 0 aliphatic heterocycles. The van der Waals surface area contributed by atoms with Gasteiger partial charge < -0.3 is 10.5 Å². The van der Waals surface area contributed by atoms with Crippen LogP contribution >= 0.6 is 0 Å². The van der Waals surface area contributed by atoms with Gasteiger partial charge in [-0.15, -0.1) is 0 Å². The maximum Gasteiger partial charge on any atom is 0.248 e. The summed E-state index contributed by atoms with van der Waals surface area (Å²) in [5.41, 5.74) is 5.06. The monoisotopic (exact) mass is 169 g/mol. The maximum atomic E-state index is 12.9. The van der Waals surface area contributed by atoms with E-state index in [4.69, 9.17) is 5.73 Å². The van der Waals surface area contributed by atoms with Crippen LogP contribution < -0.4 is 10.5 Å². The number of amides is 1. The average Bonchev–Trinajstić information content (AvgIpc) is 2.04. The number of hydrogen-bond acceptors (Lipinski definition) is 2. The molecule has 1 aromatic carbocycles. The lowest BCUT2D eigenvalue weighted by Crippen LogP contribution is -2.11. The molecule has 2 N–H and O–H groups in total. The summed E-state index contributed by atoms with van der Waals surface area (Å²) in [5.74, 6) is -1.15. The molecule has 0 aliphatic carbocycles. The minimum atomic E-state index is -0.656. The third-order valence-corrected chi connectivity index (χ3v) is 1.44. The van der Waals surface area contributed by atoms with Crippen LogP contribution in [0.25, 0.3) is 0 Å². The number of benzene rings is 1. The van der Waals surface area contributed by atoms with Crippen molar-refractivity contribution < 1.29 is 13.9 Å². The highest BCUT2D eigenvalue weighted by Crippen LogP contribution is 2.16. The number of hydrogen-bond donors (Lipinski definition) is 1. The molecule has 0 atom stereocenters. The van der Waals surface area contributed by atoms with E-state index in [1.165, 1.54) is 19.2 Å². The van der Waals surface area contributed by atoms with Crippen LogP contribution in [0.4, 0.5) is 4.39 Å². The molecule has 0 radical (unpaired) electrons. The topological polar surface area (TPSA) is 52.3 Å². The Hall–Kier alpha value is -1.58. The van der Waals surface area contributed by atoms with E-state index < -0.39 is 11.7 Å². The van der Waals surface area contributed by atoms with Gasteiger partial charge in [0.05, 0.1) is 7.11 Å². The molecule has 0 spiro atoms. The van der Waals surface area contributed by atoms with Gasteiger partial charge in [0.25, 0.3) is 0 Å². The Morgan fingerprint density at radius 1 is 1.58 bits per heavy atom. The number of primary amides is 1. The second-order valence-corrected chi connectivity index (χ2v) is 2.21. The Balaban J connectivity index is 3.10. The molecule has 0 unspecified atom stereocenters. The molecule has 64 valence electrons. The number of ether oxygens (including phenoxy) is 1. The van der Waals surface area contributed by atoms with Crippen LogP contribution in [-0.2, 0) is 0 Å². The van der Waals surface area contributed by atoms with Crippen molar-refractivity contribution in [1.82, 2.24) is 0 Å². The normalized spacial score (nSPS) is 9.50. The fraction of sp³-hybridized carbons (Fsp3) is 0.125. The molecule has 0 aliphatic rings. The van der Waals surface area contributed by atoms with Crippen LogP contribution in [0, 0.1) is 5.82 Å². The van der Waals surface area contributed by atoms with Crippen molar-refractivity contribution in [3.8, 4) is 5.75 Å². The molecule has 0 saturated carbocycles. The van der Waals surface area contributed by atoms with Crippen molar-refractivity contribution in [2.45, 2.75) is 0 Å². The molecule has 0 fully saturated rings. The van der Waals surface area contributed by atoms with Gasteiger partial charge in [-0.05, 0) is 18.2 Å². The quantitative estimate of drug-likeness (QED) is 0.716. The average molecular weight is 169 g/mol. The number of carbonyl (C=O) groups is 1. The lowest BCUT2D eigenvalue weighted by molar-refractivity contribution is 0.1000. The summed E-state index contributed by atoms with van der Waals surface area (Å²) in [6.07, 6.45) is 0. The van der Waals surface area contributed by atoms with Gasteiger partial charge in [-0.1, -0.05) is 0 Å². The second-order valence-electron chi connectivity index (χ2n) is 2.21. The summed E-state index contributed by atoms with van der Waals surface area (Å²) in [4.78, 5) is 10.6. The van der Waals surface area contributed by atoms with Crippen molar-refractivity contribution in [3.63, 3.8) is 0 Å². The van der Waals surface area contributed by atoms with Gasteiger partial charge >= 0.3 is 0 Å². The molecule has 1 rings (SSSR count). The summed E-state index contributed by atoms with van der Waals surface area (Å²) in [6.45, 7) is 0. The van der Waals surface area contributed by atoms with Crippen molar-refractivity contribution >= 4 is 5.91 Å². The molecule has 1 aromatic rings. The first kappa shape index (κ1) is 8.52. The largest absolute Gasteiger partial charge is 0.494 e. The first-order chi connectivity index (χ1) is 5.65. The van der Waals surface area contributed by atoms with E-state index in [0.29, 0.717) is 0 Å². The molecule has 0 bridgehead atoms. The lowest BCUT2D eigenvalue weighted by Gasteiger charge is -2.01. The number of carbonyl (C=O) groups excluding carboxylic acids is 1. The van der Waals surface area contributed by atoms with Crippen LogP contribution in [0.15, 0.2) is 18.2 Å². The van der Waals surface area contributed by atoms with Gasteiger partial charge in [0.2, 0.25) is 5.91 Å². The summed E-state index contributed by atoms with van der Waals surface area (Å²) < 4.78 is 17.5. The van der Waals surface area contributed by atoms with Gasteiger partial charge in [-0.3, -0.25) is 4.79 Å². The van der Waals surface area contributed by atoms with Gasteiger partial charge in [-0.25, -0.2) is 4.39 Å². The van der Waals surface area contributed by atoms with Crippen LogP contribution in [0.5, 0.6) is 5.75 Å². The van der Waals surface area contributed by atoms with Crippen LogP contribution in [0.3, 0.4) is 0 Å². The molecule has 4 heteroatoms. The first-order valence-corrected chi connectivity index (χ1v) is 3.28. The standard InChI is InChI=1S/C8H8FNO2/c1-12-7-3-2-5(8(10)11)4-6(7)9/h2-4H,1H3,(H2,10,11). The minimum Gasteiger partial charge on any atom is -0.494 e. The maximum absolute atomic E-state index is 12.9. The number of methoxy groups -OCH3 is 1. The molecule has 0 heterocycles. The van der Waals surface area contributed by atoms with Crippen LogP contribution in [0.1, 0.15) is 10.4 Å². The zero-order chi connectivity index (χ0) is 9.14. The molecule has 1 amide bonds. The van der Waals surface area contributed by atoms with Gasteiger partial charge in [-0.2, -0.15) is 0 Å². The van der Waals surface area contributed by atoms with E-state index in [-0.39, 0.29) is 11.3 Å². The van der Waals surface area contributed by atoms with E-state index >= 15 is 0 Å². The molecule has 0 aromatic heterocycles. The number of rotatable bonds is 2. The first-order valence-electron chi connectivity index (χ1n) is 3.28. The van der Waals surface area contributed by atoms with Crippen molar-refractivity contribution in [2.75, 3.05) is 7.11 Å². The van der Waals surface area contributed by atoms with E-state index in [0.717, 1.165) is 6.07 Å². The predicted octanol–water partition coefficient (Wildman–Crippen LogP) is 0.933. The van der Waals surface area contributed by atoms with Crippen LogP contribution in [0.2, 0.25) is 0 Å². The Morgan fingerprint density at radius 3 is 2.67 bits per heavy atom. The van der Waals surface area contributed by atoms with Gasteiger partial charge in [0.1, 0.15) is 0 Å². The van der Waals surface area contributed by atoms with E-state index in [9.17, 15) is 9.18 Å². The number of nitrogens with two attached hydrogens (primary N) is 1. The van der Waals surface area contributed by atoms with E-state index in [1.807, 2.05) is 0 Å². The minimum absolute atomic E-state index is 0.0972. The van der Waals surface area contributed by atoms with Crippen molar-refractivity contribution in [1.29, 1.82) is 0 Å². The summed E-state index contributed by atoms with van der Waals surface area (Å²) in [5, 5.41) is 0. The Bertz CT molecular complexity index is 312. The SMILES string of the molecule is COc1ccc(C(N)=O)cc1F. The highest BCUT2D eigenvalue weighted by molar-refractivity contribution is 5.92. The molecule has 0 saturated heterocycles. The molecular weight excluding hydrogens is 161 g/mol. The third-order valence-electron chi connectivity index (χ3n) is 1.44. The number of halogens is 1. The highest BCUT2D eigenvalue weighted by atomic mass is 19.1. The van der Waals surface area contributed by atoms with E-state index in [1.54, 1.807) is 0 Å².